The number of fused-ring (bicyclic) bond motifs is 1. The summed E-state index contributed by atoms with van der Waals surface area (Å²) in [5, 5.41) is 3.36. The van der Waals surface area contributed by atoms with Gasteiger partial charge in [0, 0.05) is 4.88 Å². The Bertz CT molecular complexity index is 742. The molecule has 0 fully saturated rings. The van der Waals surface area contributed by atoms with Gasteiger partial charge in [-0.15, -0.1) is 11.3 Å². The Morgan fingerprint density at radius 2 is 2.10 bits per heavy atom. The van der Waals surface area contributed by atoms with Crippen molar-refractivity contribution in [1.29, 1.82) is 0 Å². The molecule has 2 aromatic rings. The Morgan fingerprint density at radius 1 is 1.33 bits per heavy atom. The number of nitrogens with one attached hydrogen (secondary N) is 1. The Hall–Kier alpha value is -2.08. The number of carbonyl (C=O) groups is 2. The van der Waals surface area contributed by atoms with Gasteiger partial charge in [0.25, 0.3) is 11.8 Å². The van der Waals surface area contributed by atoms with E-state index in [9.17, 15) is 9.59 Å². The lowest BCUT2D eigenvalue weighted by Crippen LogP contribution is -2.18. The monoisotopic (exact) mass is 304 g/mol. The summed E-state index contributed by atoms with van der Waals surface area (Å²) in [6, 6.07) is 1.69. The molecule has 0 aliphatic heterocycles. The molecule has 3 N–H and O–H groups in total. The molecule has 0 aromatic carbocycles. The first-order valence-corrected chi connectivity index (χ1v) is 7.61. The van der Waals surface area contributed by atoms with Crippen molar-refractivity contribution >= 4 is 28.2 Å². The van der Waals surface area contributed by atoms with Gasteiger partial charge in [-0.1, -0.05) is 0 Å². The molecule has 0 spiro atoms. The number of nitrogens with two attached hydrogens (primary N) is 1. The summed E-state index contributed by atoms with van der Waals surface area (Å²) in [7, 11) is 0. The molecule has 0 radical (unpaired) electrons. The van der Waals surface area contributed by atoms with Crippen LogP contribution in [-0.2, 0) is 12.8 Å². The van der Waals surface area contributed by atoms with Crippen LogP contribution in [0.25, 0.3) is 0 Å². The number of thiophene rings is 1. The van der Waals surface area contributed by atoms with Gasteiger partial charge < -0.3 is 15.5 Å². The number of hydrogen-bond donors (Lipinski definition) is 2. The fraction of sp³-hybridized carbons (Fsp3) is 0.333. The third kappa shape index (κ3) is 2.35. The molecule has 2 amide bonds. The van der Waals surface area contributed by atoms with E-state index in [4.69, 9.17) is 10.2 Å². The largest absolute Gasteiger partial charge is 0.466 e. The van der Waals surface area contributed by atoms with Gasteiger partial charge in [0.15, 0.2) is 0 Å². The Kier molecular flexibility index (Phi) is 3.33. The van der Waals surface area contributed by atoms with Crippen molar-refractivity contribution in [2.75, 3.05) is 5.32 Å². The van der Waals surface area contributed by atoms with E-state index in [2.05, 4.69) is 5.32 Å². The maximum Gasteiger partial charge on any atom is 0.259 e. The van der Waals surface area contributed by atoms with E-state index >= 15 is 0 Å². The van der Waals surface area contributed by atoms with Gasteiger partial charge in [0.1, 0.15) is 16.5 Å². The average Bonchev–Trinajstić information content (AvgIpc) is 3.02. The van der Waals surface area contributed by atoms with Gasteiger partial charge in [-0.25, -0.2) is 0 Å². The number of carbonyl (C=O) groups excluding carboxylic acids is 2. The molecule has 0 saturated heterocycles. The zero-order valence-electron chi connectivity index (χ0n) is 11.9. The fourth-order valence-electron chi connectivity index (χ4n) is 2.78. The van der Waals surface area contributed by atoms with Gasteiger partial charge >= 0.3 is 0 Å². The first kappa shape index (κ1) is 13.9. The van der Waals surface area contributed by atoms with Gasteiger partial charge in [-0.2, -0.15) is 0 Å². The molecular formula is C15H16N2O3S. The first-order valence-electron chi connectivity index (χ1n) is 6.80. The number of anilines is 1. The van der Waals surface area contributed by atoms with Crippen molar-refractivity contribution in [1.82, 2.24) is 0 Å². The summed E-state index contributed by atoms with van der Waals surface area (Å²) in [6.07, 6.45) is 2.83. The van der Waals surface area contributed by atoms with Crippen molar-refractivity contribution in [3.05, 3.63) is 39.2 Å². The molecule has 110 valence electrons. The Balaban J connectivity index is 1.94. The van der Waals surface area contributed by atoms with Crippen LogP contribution in [0, 0.1) is 13.8 Å². The maximum atomic E-state index is 12.3. The molecule has 2 heterocycles. The topological polar surface area (TPSA) is 85.3 Å². The number of primary amides is 1. The van der Waals surface area contributed by atoms with E-state index in [1.807, 2.05) is 0 Å². The van der Waals surface area contributed by atoms with E-state index in [1.165, 1.54) is 11.3 Å². The van der Waals surface area contributed by atoms with Gasteiger partial charge in [-0.05, 0) is 44.7 Å². The fourth-order valence-corrected chi connectivity index (χ4v) is 4.07. The molecule has 21 heavy (non-hydrogen) atoms. The van der Waals surface area contributed by atoms with Crippen LogP contribution < -0.4 is 11.1 Å². The third-order valence-corrected chi connectivity index (χ3v) is 4.89. The van der Waals surface area contributed by atoms with Gasteiger partial charge in [0.2, 0.25) is 0 Å². The van der Waals surface area contributed by atoms with Crippen LogP contribution in [0.3, 0.4) is 0 Å². The van der Waals surface area contributed by atoms with Crippen molar-refractivity contribution < 1.29 is 14.0 Å². The van der Waals surface area contributed by atoms with Crippen LogP contribution in [0.4, 0.5) is 5.00 Å². The van der Waals surface area contributed by atoms with Gasteiger partial charge in [-0.3, -0.25) is 9.59 Å². The second-order valence-electron chi connectivity index (χ2n) is 5.21. The van der Waals surface area contributed by atoms with Crippen LogP contribution >= 0.6 is 11.3 Å². The summed E-state index contributed by atoms with van der Waals surface area (Å²) < 4.78 is 5.36. The molecule has 0 bridgehead atoms. The molecule has 6 heteroatoms. The third-order valence-electron chi connectivity index (χ3n) is 3.68. The second kappa shape index (κ2) is 5.04. The van der Waals surface area contributed by atoms with Crippen LogP contribution in [0.1, 0.15) is 49.1 Å². The predicted octanol–water partition coefficient (Wildman–Crippen LogP) is 2.80. The van der Waals surface area contributed by atoms with Crippen LogP contribution in [0.15, 0.2) is 10.5 Å². The molecule has 5 nitrogen and oxygen atoms in total. The summed E-state index contributed by atoms with van der Waals surface area (Å²) >= 11 is 1.45. The average molecular weight is 304 g/mol. The second-order valence-corrected chi connectivity index (χ2v) is 6.31. The number of furan rings is 1. The molecular weight excluding hydrogens is 288 g/mol. The van der Waals surface area contributed by atoms with Crippen molar-refractivity contribution in [3.8, 4) is 0 Å². The highest BCUT2D eigenvalue weighted by molar-refractivity contribution is 7.17. The quantitative estimate of drug-likeness (QED) is 0.914. The lowest BCUT2D eigenvalue weighted by molar-refractivity contribution is 0.100. The van der Waals surface area contributed by atoms with E-state index in [1.54, 1.807) is 19.9 Å². The van der Waals surface area contributed by atoms with Crippen molar-refractivity contribution in [2.45, 2.75) is 33.1 Å². The molecule has 0 unspecified atom stereocenters. The Labute approximate surface area is 126 Å². The molecule has 1 aliphatic carbocycles. The summed E-state index contributed by atoms with van der Waals surface area (Å²) in [5.41, 5.74) is 7.43. The van der Waals surface area contributed by atoms with Crippen molar-refractivity contribution in [2.24, 2.45) is 5.73 Å². The zero-order chi connectivity index (χ0) is 15.1. The predicted molar refractivity (Wildman–Crippen MR) is 81.0 cm³/mol. The standard InChI is InChI=1S/C15H16N2O3S/c1-7-6-10(8(2)20-7)14(19)17-15-12(13(16)18)9-4-3-5-11(9)21-15/h6H,3-5H2,1-2H3,(H2,16,18)(H,17,19). The minimum Gasteiger partial charge on any atom is -0.466 e. The normalized spacial score (nSPS) is 13.2. The number of hydrogen-bond acceptors (Lipinski definition) is 4. The van der Waals surface area contributed by atoms with Crippen LogP contribution in [-0.4, -0.2) is 11.8 Å². The number of aryl methyl sites for hydroxylation is 3. The summed E-state index contributed by atoms with van der Waals surface area (Å²) in [5.74, 6) is 0.493. The SMILES string of the molecule is Cc1cc(C(=O)Nc2sc3c(c2C(N)=O)CCC3)c(C)o1. The van der Waals surface area contributed by atoms with Crippen LogP contribution in [0.5, 0.6) is 0 Å². The summed E-state index contributed by atoms with van der Waals surface area (Å²) in [6.45, 7) is 3.53. The highest BCUT2D eigenvalue weighted by Crippen LogP contribution is 2.39. The zero-order valence-corrected chi connectivity index (χ0v) is 12.7. The number of amides is 2. The number of rotatable bonds is 3. The van der Waals surface area contributed by atoms with E-state index < -0.39 is 5.91 Å². The van der Waals surface area contributed by atoms with Crippen LogP contribution in [0.2, 0.25) is 0 Å². The lowest BCUT2D eigenvalue weighted by Gasteiger charge is -2.05. The molecule has 3 rings (SSSR count). The molecule has 2 aromatic heterocycles. The Morgan fingerprint density at radius 3 is 2.71 bits per heavy atom. The van der Waals surface area contributed by atoms with Crippen molar-refractivity contribution in [3.63, 3.8) is 0 Å². The van der Waals surface area contributed by atoms with E-state index in [0.29, 0.717) is 27.6 Å². The van der Waals surface area contributed by atoms with E-state index in [0.717, 1.165) is 29.7 Å². The minimum absolute atomic E-state index is 0.272. The molecule has 1 aliphatic rings. The van der Waals surface area contributed by atoms with E-state index in [-0.39, 0.29) is 5.91 Å². The lowest BCUT2D eigenvalue weighted by atomic mass is 10.1. The molecule has 0 atom stereocenters. The minimum atomic E-state index is -0.482. The maximum absolute atomic E-state index is 12.3. The smallest absolute Gasteiger partial charge is 0.259 e. The highest BCUT2D eigenvalue weighted by Gasteiger charge is 2.26. The summed E-state index contributed by atoms with van der Waals surface area (Å²) in [4.78, 5) is 25.2. The highest BCUT2D eigenvalue weighted by atomic mass is 32.1. The first-order chi connectivity index (χ1) is 9.97. The molecule has 0 saturated carbocycles. The van der Waals surface area contributed by atoms with Gasteiger partial charge in [0.05, 0.1) is 11.1 Å².